The average molecular weight is 348 g/mol. The largest absolute Gasteiger partial charge is 0.493 e. The fraction of sp³-hybridized carbons (Fsp3) is 0.353. The van der Waals surface area contributed by atoms with E-state index < -0.39 is 6.10 Å². The molecule has 1 aromatic carbocycles. The first kappa shape index (κ1) is 14.5. The van der Waals surface area contributed by atoms with Crippen LogP contribution in [0.25, 0.3) is 0 Å². The molecule has 3 nitrogen and oxygen atoms in total. The maximum atomic E-state index is 10.5. The van der Waals surface area contributed by atoms with Crippen molar-refractivity contribution in [1.29, 1.82) is 0 Å². The van der Waals surface area contributed by atoms with E-state index in [-0.39, 0.29) is 0 Å². The predicted molar refractivity (Wildman–Crippen MR) is 85.7 cm³/mol. The van der Waals surface area contributed by atoms with Crippen LogP contribution in [0.5, 0.6) is 5.75 Å². The van der Waals surface area contributed by atoms with Crippen molar-refractivity contribution >= 4 is 15.9 Å². The second-order valence-electron chi connectivity index (χ2n) is 5.55. The van der Waals surface area contributed by atoms with Gasteiger partial charge in [0.25, 0.3) is 0 Å². The molecule has 21 heavy (non-hydrogen) atoms. The maximum absolute atomic E-state index is 10.5. The molecule has 110 valence electrons. The van der Waals surface area contributed by atoms with E-state index >= 15 is 0 Å². The fourth-order valence-corrected chi connectivity index (χ4v) is 3.44. The van der Waals surface area contributed by atoms with E-state index in [0.29, 0.717) is 6.42 Å². The lowest BCUT2D eigenvalue weighted by Crippen LogP contribution is -2.05. The number of hydrogen-bond donors (Lipinski definition) is 1. The highest BCUT2D eigenvalue weighted by Crippen LogP contribution is 2.35. The molecule has 3 rings (SSSR count). The lowest BCUT2D eigenvalue weighted by molar-refractivity contribution is 0.177. The number of nitrogens with zero attached hydrogens (tertiary/aromatic N) is 1. The molecule has 0 bridgehead atoms. The van der Waals surface area contributed by atoms with Crippen molar-refractivity contribution in [3.63, 3.8) is 0 Å². The number of pyridine rings is 1. The van der Waals surface area contributed by atoms with Gasteiger partial charge in [0.2, 0.25) is 0 Å². The van der Waals surface area contributed by atoms with Crippen LogP contribution in [0.3, 0.4) is 0 Å². The zero-order valence-corrected chi connectivity index (χ0v) is 13.8. The first-order valence-electron chi connectivity index (χ1n) is 7.10. The normalized spacial score (nSPS) is 14.7. The van der Waals surface area contributed by atoms with E-state index in [4.69, 9.17) is 4.74 Å². The second-order valence-corrected chi connectivity index (χ2v) is 6.47. The molecule has 0 saturated carbocycles. The van der Waals surface area contributed by atoms with Gasteiger partial charge in [-0.05, 0) is 54.8 Å². The first-order chi connectivity index (χ1) is 10.0. The topological polar surface area (TPSA) is 42.4 Å². The molecular weight excluding hydrogens is 330 g/mol. The standard InChI is InChI=1S/C17H18BrNO2/c1-10-5-13(6-11(2)19-10)16(20)9-14-8-15(18)7-12-3-4-21-17(12)14/h5-8,16,20H,3-4,9H2,1-2H3. The van der Waals surface area contributed by atoms with E-state index in [2.05, 4.69) is 27.0 Å². The molecule has 4 heteroatoms. The summed E-state index contributed by atoms with van der Waals surface area (Å²) in [5.74, 6) is 0.944. The molecule has 0 aliphatic carbocycles. The Morgan fingerprint density at radius 1 is 1.24 bits per heavy atom. The van der Waals surface area contributed by atoms with Crippen LogP contribution < -0.4 is 4.74 Å². The minimum atomic E-state index is -0.548. The molecule has 1 aromatic heterocycles. The average Bonchev–Trinajstić information content (AvgIpc) is 2.85. The van der Waals surface area contributed by atoms with Gasteiger partial charge in [-0.25, -0.2) is 0 Å². The van der Waals surface area contributed by atoms with Crippen molar-refractivity contribution in [3.05, 3.63) is 56.8 Å². The quantitative estimate of drug-likeness (QED) is 0.920. The second kappa shape index (κ2) is 5.78. The van der Waals surface area contributed by atoms with E-state index in [1.54, 1.807) is 0 Å². The molecule has 0 fully saturated rings. The summed E-state index contributed by atoms with van der Waals surface area (Å²) in [4.78, 5) is 4.35. The third-order valence-electron chi connectivity index (χ3n) is 3.73. The number of aliphatic hydroxyl groups excluding tert-OH is 1. The van der Waals surface area contributed by atoms with Crippen LogP contribution in [0, 0.1) is 13.8 Å². The Morgan fingerprint density at radius 2 is 1.95 bits per heavy atom. The van der Waals surface area contributed by atoms with E-state index in [1.807, 2.05) is 32.0 Å². The number of aromatic nitrogens is 1. The van der Waals surface area contributed by atoms with Crippen LogP contribution in [-0.4, -0.2) is 16.7 Å². The van der Waals surface area contributed by atoms with Crippen LogP contribution in [0.2, 0.25) is 0 Å². The molecule has 0 saturated heterocycles. The number of halogens is 1. The number of benzene rings is 1. The molecule has 0 spiro atoms. The summed E-state index contributed by atoms with van der Waals surface area (Å²) < 4.78 is 6.76. The summed E-state index contributed by atoms with van der Waals surface area (Å²) in [6.07, 6.45) is 0.934. The highest BCUT2D eigenvalue weighted by molar-refractivity contribution is 9.10. The zero-order chi connectivity index (χ0) is 15.0. The Morgan fingerprint density at radius 3 is 2.67 bits per heavy atom. The summed E-state index contributed by atoms with van der Waals surface area (Å²) in [6, 6.07) is 8.01. The summed E-state index contributed by atoms with van der Waals surface area (Å²) in [5, 5.41) is 10.5. The van der Waals surface area contributed by atoms with Gasteiger partial charge in [0, 0.05) is 28.7 Å². The Kier molecular flexibility index (Phi) is 4.00. The molecule has 2 aromatic rings. The summed E-state index contributed by atoms with van der Waals surface area (Å²) in [7, 11) is 0. The molecule has 1 aliphatic heterocycles. The minimum absolute atomic E-state index is 0.546. The summed E-state index contributed by atoms with van der Waals surface area (Å²) >= 11 is 3.54. The number of rotatable bonds is 3. The van der Waals surface area contributed by atoms with Gasteiger partial charge in [-0.2, -0.15) is 0 Å². The third kappa shape index (κ3) is 3.11. The lowest BCUT2D eigenvalue weighted by atomic mass is 9.98. The Hall–Kier alpha value is -1.39. The number of aryl methyl sites for hydroxylation is 2. The van der Waals surface area contributed by atoms with Gasteiger partial charge in [0.15, 0.2) is 0 Å². The number of aliphatic hydroxyl groups is 1. The van der Waals surface area contributed by atoms with Crippen LogP contribution in [0.4, 0.5) is 0 Å². The van der Waals surface area contributed by atoms with Crippen LogP contribution in [-0.2, 0) is 12.8 Å². The van der Waals surface area contributed by atoms with Gasteiger partial charge in [-0.15, -0.1) is 0 Å². The number of hydrogen-bond acceptors (Lipinski definition) is 3. The van der Waals surface area contributed by atoms with Gasteiger partial charge >= 0.3 is 0 Å². The third-order valence-corrected chi connectivity index (χ3v) is 4.19. The van der Waals surface area contributed by atoms with Gasteiger partial charge < -0.3 is 9.84 Å². The summed E-state index contributed by atoms with van der Waals surface area (Å²) in [5.41, 5.74) is 5.04. The van der Waals surface area contributed by atoms with Crippen molar-refractivity contribution in [1.82, 2.24) is 4.98 Å². The van der Waals surface area contributed by atoms with E-state index in [9.17, 15) is 5.11 Å². The predicted octanol–water partition coefficient (Wildman–Crippen LogP) is 3.67. The monoisotopic (exact) mass is 347 g/mol. The van der Waals surface area contributed by atoms with Crippen molar-refractivity contribution in [3.8, 4) is 5.75 Å². The van der Waals surface area contributed by atoms with Crippen LogP contribution in [0.15, 0.2) is 28.7 Å². The molecule has 2 heterocycles. The molecule has 0 amide bonds. The Labute approximate surface area is 133 Å². The SMILES string of the molecule is Cc1cc(C(O)Cc2cc(Br)cc3c2OCC3)cc(C)n1. The van der Waals surface area contributed by atoms with E-state index in [1.165, 1.54) is 5.56 Å². The van der Waals surface area contributed by atoms with Crippen molar-refractivity contribution in [2.75, 3.05) is 6.61 Å². The van der Waals surface area contributed by atoms with Gasteiger partial charge in [0.1, 0.15) is 5.75 Å². The number of fused-ring (bicyclic) bond motifs is 1. The Balaban J connectivity index is 1.90. The maximum Gasteiger partial charge on any atom is 0.125 e. The highest BCUT2D eigenvalue weighted by Gasteiger charge is 2.20. The molecule has 1 aliphatic rings. The van der Waals surface area contributed by atoms with Gasteiger partial charge in [-0.3, -0.25) is 4.98 Å². The van der Waals surface area contributed by atoms with Crippen LogP contribution >= 0.6 is 15.9 Å². The van der Waals surface area contributed by atoms with Gasteiger partial charge in [-0.1, -0.05) is 15.9 Å². The van der Waals surface area contributed by atoms with E-state index in [0.717, 1.165) is 45.8 Å². The number of ether oxygens (including phenoxy) is 1. The molecule has 1 N–H and O–H groups in total. The Bertz CT molecular complexity index is 664. The first-order valence-corrected chi connectivity index (χ1v) is 7.89. The lowest BCUT2D eigenvalue weighted by Gasteiger charge is -2.15. The molecular formula is C17H18BrNO2. The van der Waals surface area contributed by atoms with Crippen molar-refractivity contribution < 1.29 is 9.84 Å². The zero-order valence-electron chi connectivity index (χ0n) is 12.2. The molecule has 1 atom stereocenters. The minimum Gasteiger partial charge on any atom is -0.493 e. The smallest absolute Gasteiger partial charge is 0.125 e. The van der Waals surface area contributed by atoms with Crippen LogP contribution in [0.1, 0.15) is 34.2 Å². The van der Waals surface area contributed by atoms with Gasteiger partial charge in [0.05, 0.1) is 12.7 Å². The highest BCUT2D eigenvalue weighted by atomic mass is 79.9. The summed E-state index contributed by atoms with van der Waals surface area (Å²) in [6.45, 7) is 4.62. The molecule has 1 unspecified atom stereocenters. The van der Waals surface area contributed by atoms with Crippen molar-refractivity contribution in [2.24, 2.45) is 0 Å². The van der Waals surface area contributed by atoms with Crippen molar-refractivity contribution in [2.45, 2.75) is 32.8 Å². The fourth-order valence-electron chi connectivity index (χ4n) is 2.88. The molecule has 0 radical (unpaired) electrons.